The van der Waals surface area contributed by atoms with E-state index in [1.807, 2.05) is 0 Å². The van der Waals surface area contributed by atoms with Gasteiger partial charge < -0.3 is 19.5 Å². The molecule has 1 aliphatic rings. The van der Waals surface area contributed by atoms with Gasteiger partial charge in [-0.15, -0.1) is 0 Å². The number of rotatable bonds is 4. The molecule has 20 heavy (non-hydrogen) atoms. The van der Waals surface area contributed by atoms with Crippen molar-refractivity contribution >= 4 is 12.6 Å². The molecule has 1 aromatic carbocycles. The Balaban J connectivity index is 2.15. The molecule has 0 saturated heterocycles. The van der Waals surface area contributed by atoms with Crippen LogP contribution >= 0.6 is 0 Å². The zero-order chi connectivity index (χ0) is 14.7. The molecule has 2 rings (SSSR count). The van der Waals surface area contributed by atoms with Crippen LogP contribution in [0.15, 0.2) is 18.2 Å². The molecule has 110 valence electrons. The maximum Gasteiger partial charge on any atom is 0.492 e. The molecular weight excluding hydrogens is 255 g/mol. The molecule has 0 aliphatic heterocycles. The predicted octanol–water partition coefficient (Wildman–Crippen LogP) is 1.58. The highest BCUT2D eigenvalue weighted by Gasteiger charge is 2.27. The Hall–Kier alpha value is -1.20. The van der Waals surface area contributed by atoms with E-state index >= 15 is 0 Å². The second-order valence-electron chi connectivity index (χ2n) is 5.93. The van der Waals surface area contributed by atoms with Crippen molar-refractivity contribution in [2.45, 2.75) is 39.2 Å². The first kappa shape index (κ1) is 15.2. The molecule has 5 heteroatoms. The van der Waals surface area contributed by atoms with Gasteiger partial charge in [-0.3, -0.25) is 0 Å². The van der Waals surface area contributed by atoms with Crippen molar-refractivity contribution in [3.63, 3.8) is 0 Å². The number of hydrogen-bond donors (Lipinski definition) is 2. The van der Waals surface area contributed by atoms with Gasteiger partial charge in [0.2, 0.25) is 0 Å². The topological polar surface area (TPSA) is 58.9 Å². The van der Waals surface area contributed by atoms with E-state index in [-0.39, 0.29) is 6.10 Å². The minimum absolute atomic E-state index is 0.139. The third-order valence-corrected chi connectivity index (χ3v) is 3.92. The summed E-state index contributed by atoms with van der Waals surface area (Å²) in [7, 11) is -0.00741. The molecule has 1 fully saturated rings. The maximum absolute atomic E-state index is 9.48. The highest BCUT2D eigenvalue weighted by atomic mass is 16.5. The van der Waals surface area contributed by atoms with Crippen LogP contribution in [0.2, 0.25) is 0 Å². The first-order valence-corrected chi connectivity index (χ1v) is 7.20. The summed E-state index contributed by atoms with van der Waals surface area (Å²) in [6.07, 6.45) is 3.40. The standard InChI is InChI=1S/C15H23BO4/c1-10-6-11(2)8-13(7-10)20-15-5-4-12(19-3)9-14(15)16(17)18/h4-5,9-11,13,17-18H,6-8H2,1-3H3. The highest BCUT2D eigenvalue weighted by Crippen LogP contribution is 2.31. The molecule has 2 N–H and O–H groups in total. The van der Waals surface area contributed by atoms with Crippen LogP contribution in [0.5, 0.6) is 11.5 Å². The SMILES string of the molecule is COc1ccc(OC2CC(C)CC(C)C2)c(B(O)O)c1. The van der Waals surface area contributed by atoms with Crippen LogP contribution in [0.25, 0.3) is 0 Å². The van der Waals surface area contributed by atoms with E-state index in [4.69, 9.17) is 9.47 Å². The Kier molecular flexibility index (Phi) is 4.94. The van der Waals surface area contributed by atoms with Crippen LogP contribution < -0.4 is 14.9 Å². The van der Waals surface area contributed by atoms with Crippen LogP contribution in [0.3, 0.4) is 0 Å². The van der Waals surface area contributed by atoms with E-state index in [1.54, 1.807) is 25.3 Å². The summed E-state index contributed by atoms with van der Waals surface area (Å²) >= 11 is 0. The quantitative estimate of drug-likeness (QED) is 0.821. The van der Waals surface area contributed by atoms with E-state index in [0.717, 1.165) is 12.8 Å². The van der Waals surface area contributed by atoms with Gasteiger partial charge in [0.25, 0.3) is 0 Å². The van der Waals surface area contributed by atoms with Crippen molar-refractivity contribution in [1.29, 1.82) is 0 Å². The van der Waals surface area contributed by atoms with Crippen LogP contribution in [-0.2, 0) is 0 Å². The lowest BCUT2D eigenvalue weighted by molar-refractivity contribution is 0.102. The Bertz CT molecular complexity index is 439. The number of methoxy groups -OCH3 is 1. The largest absolute Gasteiger partial charge is 0.497 e. The summed E-state index contributed by atoms with van der Waals surface area (Å²) in [5.41, 5.74) is 0.357. The molecule has 0 amide bonds. The summed E-state index contributed by atoms with van der Waals surface area (Å²) in [5.74, 6) is 2.41. The predicted molar refractivity (Wildman–Crippen MR) is 79.4 cm³/mol. The average molecular weight is 278 g/mol. The van der Waals surface area contributed by atoms with Crippen molar-refractivity contribution in [2.24, 2.45) is 11.8 Å². The van der Waals surface area contributed by atoms with E-state index < -0.39 is 7.12 Å². The molecule has 0 aromatic heterocycles. The molecule has 0 spiro atoms. The smallest absolute Gasteiger partial charge is 0.492 e. The molecule has 1 saturated carbocycles. The molecule has 0 bridgehead atoms. The normalized spacial score (nSPS) is 26.1. The fraction of sp³-hybridized carbons (Fsp3) is 0.600. The van der Waals surface area contributed by atoms with Crippen LogP contribution in [0.4, 0.5) is 0 Å². The van der Waals surface area contributed by atoms with Gasteiger partial charge in [-0.25, -0.2) is 0 Å². The number of ether oxygens (including phenoxy) is 2. The van der Waals surface area contributed by atoms with Gasteiger partial charge in [-0.1, -0.05) is 13.8 Å². The lowest BCUT2D eigenvalue weighted by atomic mass is 9.79. The molecule has 0 heterocycles. The minimum Gasteiger partial charge on any atom is -0.497 e. The molecule has 2 unspecified atom stereocenters. The molecule has 0 radical (unpaired) electrons. The van der Waals surface area contributed by atoms with Crippen molar-refractivity contribution in [1.82, 2.24) is 0 Å². The third kappa shape index (κ3) is 3.67. The van der Waals surface area contributed by atoms with Crippen molar-refractivity contribution < 1.29 is 19.5 Å². The van der Waals surface area contributed by atoms with Gasteiger partial charge in [0.15, 0.2) is 0 Å². The fourth-order valence-corrected chi connectivity index (χ4v) is 3.11. The monoisotopic (exact) mass is 278 g/mol. The second-order valence-corrected chi connectivity index (χ2v) is 5.93. The van der Waals surface area contributed by atoms with Gasteiger partial charge in [0.1, 0.15) is 11.5 Å². The van der Waals surface area contributed by atoms with Gasteiger partial charge >= 0.3 is 7.12 Å². The van der Waals surface area contributed by atoms with Crippen LogP contribution in [-0.4, -0.2) is 30.4 Å². The zero-order valence-electron chi connectivity index (χ0n) is 12.4. The Labute approximate surface area is 120 Å². The van der Waals surface area contributed by atoms with Gasteiger partial charge in [0, 0.05) is 5.46 Å². The van der Waals surface area contributed by atoms with Crippen molar-refractivity contribution in [2.75, 3.05) is 7.11 Å². The number of benzene rings is 1. The summed E-state index contributed by atoms with van der Waals surface area (Å²) in [5, 5.41) is 19.0. The summed E-state index contributed by atoms with van der Waals surface area (Å²) in [6.45, 7) is 4.48. The zero-order valence-corrected chi connectivity index (χ0v) is 12.4. The van der Waals surface area contributed by atoms with Gasteiger partial charge in [-0.05, 0) is 49.3 Å². The molecular formula is C15H23BO4. The lowest BCUT2D eigenvalue weighted by Crippen LogP contribution is -2.35. The summed E-state index contributed by atoms with van der Waals surface area (Å²) in [4.78, 5) is 0. The third-order valence-electron chi connectivity index (χ3n) is 3.92. The molecule has 1 aromatic rings. The lowest BCUT2D eigenvalue weighted by Gasteiger charge is -2.32. The van der Waals surface area contributed by atoms with Crippen LogP contribution in [0.1, 0.15) is 33.1 Å². The average Bonchev–Trinajstić information content (AvgIpc) is 2.37. The van der Waals surface area contributed by atoms with Crippen LogP contribution in [0, 0.1) is 11.8 Å². The Morgan fingerprint density at radius 2 is 1.75 bits per heavy atom. The van der Waals surface area contributed by atoms with Gasteiger partial charge in [-0.2, -0.15) is 0 Å². The van der Waals surface area contributed by atoms with Crippen molar-refractivity contribution in [3.05, 3.63) is 18.2 Å². The summed E-state index contributed by atoms with van der Waals surface area (Å²) in [6, 6.07) is 5.13. The van der Waals surface area contributed by atoms with E-state index in [9.17, 15) is 10.0 Å². The molecule has 2 atom stereocenters. The minimum atomic E-state index is -1.56. The second kappa shape index (κ2) is 6.50. The first-order valence-electron chi connectivity index (χ1n) is 7.20. The van der Waals surface area contributed by atoms with Gasteiger partial charge in [0.05, 0.1) is 13.2 Å². The highest BCUT2D eigenvalue weighted by molar-refractivity contribution is 6.59. The maximum atomic E-state index is 9.48. The van der Waals surface area contributed by atoms with E-state index in [2.05, 4.69) is 13.8 Å². The Morgan fingerprint density at radius 3 is 2.30 bits per heavy atom. The fourth-order valence-electron chi connectivity index (χ4n) is 3.11. The van der Waals surface area contributed by atoms with Crippen molar-refractivity contribution in [3.8, 4) is 11.5 Å². The first-order chi connectivity index (χ1) is 9.49. The number of hydrogen-bond acceptors (Lipinski definition) is 4. The molecule has 4 nitrogen and oxygen atoms in total. The molecule has 1 aliphatic carbocycles. The summed E-state index contributed by atoms with van der Waals surface area (Å²) < 4.78 is 11.1. The Morgan fingerprint density at radius 1 is 1.10 bits per heavy atom. The van der Waals surface area contributed by atoms with E-state index in [0.29, 0.717) is 28.8 Å². The van der Waals surface area contributed by atoms with E-state index in [1.165, 1.54) is 6.42 Å².